The van der Waals surface area contributed by atoms with Crippen LogP contribution in [0.25, 0.3) is 20.8 Å². The molecule has 2 aromatic carbocycles. The van der Waals surface area contributed by atoms with E-state index in [1.54, 1.807) is 11.3 Å². The highest BCUT2D eigenvalue weighted by molar-refractivity contribution is 9.13. The van der Waals surface area contributed by atoms with Crippen LogP contribution < -0.4 is 5.32 Å². The van der Waals surface area contributed by atoms with Gasteiger partial charge in [0.2, 0.25) is 0 Å². The fraction of sp³-hybridized carbons (Fsp3) is 0.0556. The quantitative estimate of drug-likeness (QED) is 0.382. The highest BCUT2D eigenvalue weighted by Gasteiger charge is 2.16. The molecule has 0 fully saturated rings. The lowest BCUT2D eigenvalue weighted by Gasteiger charge is -2.04. The van der Waals surface area contributed by atoms with Gasteiger partial charge in [-0.1, -0.05) is 6.07 Å². The third kappa shape index (κ3) is 3.32. The maximum absolute atomic E-state index is 12.3. The summed E-state index contributed by atoms with van der Waals surface area (Å²) in [5.41, 5.74) is 4.23. The van der Waals surface area contributed by atoms with E-state index in [9.17, 15) is 4.79 Å². The van der Waals surface area contributed by atoms with Gasteiger partial charge in [0, 0.05) is 11.3 Å². The van der Waals surface area contributed by atoms with Crippen molar-refractivity contribution in [3.8, 4) is 10.6 Å². The molecule has 8 heteroatoms. The molecule has 0 aliphatic rings. The Labute approximate surface area is 170 Å². The van der Waals surface area contributed by atoms with Crippen molar-refractivity contribution >= 4 is 65.0 Å². The Morgan fingerprint density at radius 1 is 1.15 bits per heavy atom. The predicted octanol–water partition coefficient (Wildman–Crippen LogP) is 5.77. The van der Waals surface area contributed by atoms with Crippen LogP contribution in [0.2, 0.25) is 0 Å². The monoisotopic (exact) mass is 490 g/mol. The van der Waals surface area contributed by atoms with Crippen LogP contribution >= 0.6 is 43.2 Å². The maximum Gasteiger partial charge on any atom is 0.277 e. The number of aromatic nitrogens is 3. The largest absolute Gasteiger partial charge is 0.321 e. The highest BCUT2D eigenvalue weighted by atomic mass is 79.9. The molecule has 0 bridgehead atoms. The average Bonchev–Trinajstić information content (AvgIpc) is 3.19. The third-order valence-electron chi connectivity index (χ3n) is 3.82. The van der Waals surface area contributed by atoms with Gasteiger partial charge >= 0.3 is 0 Å². The van der Waals surface area contributed by atoms with E-state index in [0.717, 1.165) is 16.1 Å². The first-order chi connectivity index (χ1) is 12.5. The number of H-pyrrole nitrogens is 1. The van der Waals surface area contributed by atoms with Gasteiger partial charge in [0.05, 0.1) is 14.7 Å². The number of nitrogens with zero attached hydrogens (tertiary/aromatic N) is 2. The summed E-state index contributed by atoms with van der Waals surface area (Å²) in [6.07, 6.45) is 0. The minimum absolute atomic E-state index is 0.290. The number of aryl methyl sites for hydroxylation is 1. The second-order valence-corrected chi connectivity index (χ2v) is 8.34. The van der Waals surface area contributed by atoms with Gasteiger partial charge < -0.3 is 5.32 Å². The molecule has 26 heavy (non-hydrogen) atoms. The summed E-state index contributed by atoms with van der Waals surface area (Å²) in [5.74, 6) is -0.290. The van der Waals surface area contributed by atoms with Crippen LogP contribution in [0.3, 0.4) is 0 Å². The Morgan fingerprint density at radius 3 is 2.62 bits per heavy atom. The first-order valence-electron chi connectivity index (χ1n) is 7.69. The Balaban J connectivity index is 1.56. The summed E-state index contributed by atoms with van der Waals surface area (Å²) >= 11 is 8.25. The zero-order valence-corrected chi connectivity index (χ0v) is 17.5. The summed E-state index contributed by atoms with van der Waals surface area (Å²) in [6.45, 7) is 2.08. The minimum Gasteiger partial charge on any atom is -0.321 e. The first kappa shape index (κ1) is 17.4. The van der Waals surface area contributed by atoms with Gasteiger partial charge in [0.15, 0.2) is 5.69 Å². The van der Waals surface area contributed by atoms with E-state index < -0.39 is 0 Å². The molecule has 5 nitrogen and oxygen atoms in total. The lowest BCUT2D eigenvalue weighted by molar-refractivity contribution is 0.102. The number of carbonyl (C=O) groups is 1. The number of aromatic amines is 1. The van der Waals surface area contributed by atoms with Crippen molar-refractivity contribution in [1.82, 2.24) is 15.2 Å². The summed E-state index contributed by atoms with van der Waals surface area (Å²) in [5, 5.41) is 10.5. The van der Waals surface area contributed by atoms with Crippen molar-refractivity contribution in [3.63, 3.8) is 0 Å². The number of rotatable bonds is 3. The third-order valence-corrected chi connectivity index (χ3v) is 6.76. The van der Waals surface area contributed by atoms with E-state index in [2.05, 4.69) is 71.4 Å². The van der Waals surface area contributed by atoms with Crippen LogP contribution in [0.5, 0.6) is 0 Å². The van der Waals surface area contributed by atoms with Crippen LogP contribution in [-0.2, 0) is 0 Å². The Bertz CT molecular complexity index is 1120. The van der Waals surface area contributed by atoms with E-state index >= 15 is 0 Å². The second-order valence-electron chi connectivity index (χ2n) is 5.72. The van der Waals surface area contributed by atoms with Gasteiger partial charge in [-0.3, -0.25) is 9.89 Å². The molecule has 0 atom stereocenters. The van der Waals surface area contributed by atoms with Gasteiger partial charge in [0.1, 0.15) is 9.61 Å². The van der Waals surface area contributed by atoms with Gasteiger partial charge in [-0.15, -0.1) is 11.3 Å². The van der Waals surface area contributed by atoms with Gasteiger partial charge in [0.25, 0.3) is 5.91 Å². The van der Waals surface area contributed by atoms with Crippen molar-refractivity contribution in [1.29, 1.82) is 0 Å². The fourth-order valence-electron chi connectivity index (χ4n) is 2.50. The van der Waals surface area contributed by atoms with Crippen molar-refractivity contribution in [2.75, 3.05) is 5.32 Å². The minimum atomic E-state index is -0.290. The molecule has 0 aliphatic heterocycles. The van der Waals surface area contributed by atoms with E-state index in [1.807, 2.05) is 30.3 Å². The summed E-state index contributed by atoms with van der Waals surface area (Å²) in [6, 6.07) is 13.9. The molecule has 0 saturated carbocycles. The van der Waals surface area contributed by atoms with Crippen LogP contribution in [0, 0.1) is 6.92 Å². The highest BCUT2D eigenvalue weighted by Crippen LogP contribution is 2.31. The SMILES string of the molecule is Cc1ccc2nc(-c3ccc(NC(=O)c4n[nH]c(Br)c4Br)cc3)sc2c1. The van der Waals surface area contributed by atoms with Gasteiger partial charge in [-0.2, -0.15) is 5.10 Å². The zero-order chi connectivity index (χ0) is 18.3. The van der Waals surface area contributed by atoms with Crippen molar-refractivity contribution < 1.29 is 4.79 Å². The number of amides is 1. The van der Waals surface area contributed by atoms with E-state index in [0.29, 0.717) is 20.5 Å². The second kappa shape index (κ2) is 6.94. The molecule has 1 amide bonds. The molecule has 0 aliphatic carbocycles. The number of thiazole rings is 1. The molecular formula is C18H12Br2N4OS. The van der Waals surface area contributed by atoms with E-state index in [1.165, 1.54) is 10.3 Å². The number of fused-ring (bicyclic) bond motifs is 1. The number of anilines is 1. The van der Waals surface area contributed by atoms with Crippen molar-refractivity contribution in [2.24, 2.45) is 0 Å². The normalized spacial score (nSPS) is 11.0. The van der Waals surface area contributed by atoms with E-state index in [4.69, 9.17) is 0 Å². The molecule has 130 valence electrons. The maximum atomic E-state index is 12.3. The molecule has 2 aromatic heterocycles. The summed E-state index contributed by atoms with van der Waals surface area (Å²) in [4.78, 5) is 17.0. The Hall–Kier alpha value is -2.03. The number of nitrogens with one attached hydrogen (secondary N) is 2. The van der Waals surface area contributed by atoms with E-state index in [-0.39, 0.29) is 5.91 Å². The van der Waals surface area contributed by atoms with Gasteiger partial charge in [-0.25, -0.2) is 4.98 Å². The average molecular weight is 492 g/mol. The van der Waals surface area contributed by atoms with Crippen LogP contribution in [0.15, 0.2) is 51.5 Å². The zero-order valence-electron chi connectivity index (χ0n) is 13.5. The standard InChI is InChI=1S/C18H12Br2N4OS/c1-9-2-7-12-13(8-9)26-18(22-12)10-3-5-11(6-4-10)21-17(25)15-14(19)16(20)24-23-15/h2-8H,1H3,(H,21,25)(H,23,24). The Kier molecular flexibility index (Phi) is 4.64. The number of benzene rings is 2. The molecule has 0 radical (unpaired) electrons. The van der Waals surface area contributed by atoms with Crippen LogP contribution in [0.4, 0.5) is 5.69 Å². The van der Waals surface area contributed by atoms with Crippen molar-refractivity contribution in [3.05, 3.63) is 62.8 Å². The lowest BCUT2D eigenvalue weighted by atomic mass is 10.2. The Morgan fingerprint density at radius 2 is 1.92 bits per heavy atom. The summed E-state index contributed by atoms with van der Waals surface area (Å²) < 4.78 is 2.40. The first-order valence-corrected chi connectivity index (χ1v) is 10.1. The fourth-order valence-corrected chi connectivity index (χ4v) is 4.20. The predicted molar refractivity (Wildman–Crippen MR) is 112 cm³/mol. The molecule has 0 saturated heterocycles. The number of hydrogen-bond acceptors (Lipinski definition) is 4. The smallest absolute Gasteiger partial charge is 0.277 e. The van der Waals surface area contributed by atoms with Crippen LogP contribution in [-0.4, -0.2) is 21.1 Å². The molecule has 2 heterocycles. The molecule has 2 N–H and O–H groups in total. The summed E-state index contributed by atoms with van der Waals surface area (Å²) in [7, 11) is 0. The lowest BCUT2D eigenvalue weighted by Crippen LogP contribution is -2.12. The molecule has 4 rings (SSSR count). The molecular weight excluding hydrogens is 480 g/mol. The van der Waals surface area contributed by atoms with Crippen LogP contribution in [0.1, 0.15) is 16.1 Å². The molecule has 0 spiro atoms. The van der Waals surface area contributed by atoms with Gasteiger partial charge in [-0.05, 0) is 80.7 Å². The van der Waals surface area contributed by atoms with Crippen molar-refractivity contribution in [2.45, 2.75) is 6.92 Å². The number of carbonyl (C=O) groups excluding carboxylic acids is 1. The molecule has 4 aromatic rings. The number of hydrogen-bond donors (Lipinski definition) is 2. The number of halogens is 2. The topological polar surface area (TPSA) is 70.7 Å². The molecule has 0 unspecified atom stereocenters.